The van der Waals surface area contributed by atoms with Crippen LogP contribution >= 0.6 is 37.2 Å². The summed E-state index contributed by atoms with van der Waals surface area (Å²) in [7, 11) is 0. The van der Waals surface area contributed by atoms with Gasteiger partial charge in [0.25, 0.3) is 5.56 Å². The summed E-state index contributed by atoms with van der Waals surface area (Å²) in [4.78, 5) is 38.4. The van der Waals surface area contributed by atoms with Crippen molar-refractivity contribution in [3.8, 4) is 11.3 Å². The first-order valence-electron chi connectivity index (χ1n) is 9.73. The third kappa shape index (κ3) is 6.02. The molecule has 0 saturated carbocycles. The van der Waals surface area contributed by atoms with E-state index in [2.05, 4.69) is 20.3 Å². The minimum atomic E-state index is -0.537. The van der Waals surface area contributed by atoms with Crippen molar-refractivity contribution in [2.24, 2.45) is 0 Å². The van der Waals surface area contributed by atoms with Crippen LogP contribution in [0, 0.1) is 6.92 Å². The lowest BCUT2D eigenvalue weighted by atomic mass is 9.97. The van der Waals surface area contributed by atoms with Crippen molar-refractivity contribution in [3.05, 3.63) is 52.8 Å². The average molecular weight is 503 g/mol. The fraction of sp³-hybridized carbons (Fsp3) is 0.381. The van der Waals surface area contributed by atoms with Gasteiger partial charge in [-0.2, -0.15) is 0 Å². The van der Waals surface area contributed by atoms with E-state index in [0.29, 0.717) is 17.6 Å². The first-order chi connectivity index (χ1) is 14.0. The van der Waals surface area contributed by atoms with Crippen LogP contribution in [0.5, 0.6) is 0 Å². The molecule has 0 unspecified atom stereocenters. The van der Waals surface area contributed by atoms with Crippen LogP contribution in [0.3, 0.4) is 0 Å². The number of carbonyl (C=O) groups excluding carboxylic acids is 1. The number of aliphatic hydroxyl groups excluding tert-OH is 1. The summed E-state index contributed by atoms with van der Waals surface area (Å²) in [6.45, 7) is 2.57. The number of hydrogen-bond donors (Lipinski definition) is 2. The van der Waals surface area contributed by atoms with Crippen LogP contribution in [0.2, 0.25) is 0 Å². The Balaban J connectivity index is 0.00000171. The fourth-order valence-corrected chi connectivity index (χ4v) is 3.71. The van der Waals surface area contributed by atoms with Crippen molar-refractivity contribution in [2.45, 2.75) is 44.9 Å². The quantitative estimate of drug-likeness (QED) is 0.551. The highest BCUT2D eigenvalue weighted by Crippen LogP contribution is 2.21. The predicted molar refractivity (Wildman–Crippen MR) is 130 cm³/mol. The molecule has 0 amide bonds. The molecule has 4 rings (SSSR count). The standard InChI is InChI=1S/C21H23N5O3.3ClH/c1-13-8-16(14-4-2-6-22-10-14)25-20-19(13)24-12-26(21(20)29)11-15(27)9-17-18(28)5-3-7-23-17;;;/h2,4,6,8,10,12,17-18,23,28H,3,5,7,9,11H2,1H3;3*1H/t17-,18+;;;/m1.../s1. The van der Waals surface area contributed by atoms with Crippen molar-refractivity contribution >= 4 is 54.0 Å². The fourth-order valence-electron chi connectivity index (χ4n) is 3.71. The predicted octanol–water partition coefficient (Wildman–Crippen LogP) is 2.50. The summed E-state index contributed by atoms with van der Waals surface area (Å²) in [5.74, 6) is -0.133. The van der Waals surface area contributed by atoms with Crippen LogP contribution in [0.4, 0.5) is 0 Å². The van der Waals surface area contributed by atoms with Crippen molar-refractivity contribution in [3.63, 3.8) is 0 Å². The van der Waals surface area contributed by atoms with Gasteiger partial charge < -0.3 is 10.4 Å². The molecule has 1 aliphatic heterocycles. The number of piperidine rings is 1. The molecule has 3 aromatic heterocycles. The maximum atomic E-state index is 13.0. The van der Waals surface area contributed by atoms with Crippen LogP contribution < -0.4 is 10.9 Å². The van der Waals surface area contributed by atoms with Crippen LogP contribution in [0.25, 0.3) is 22.3 Å². The number of Topliss-reactive ketones (excluding diaryl/α,β-unsaturated/α-hetero) is 1. The molecule has 0 radical (unpaired) electrons. The highest BCUT2D eigenvalue weighted by molar-refractivity contribution is 5.86. The number of aromatic nitrogens is 4. The van der Waals surface area contributed by atoms with E-state index in [1.807, 2.05) is 25.1 Å². The molecule has 0 spiro atoms. The SMILES string of the molecule is Cc1cc(-c2cccnc2)nc2c(=O)n(CC(=O)C[C@H]3NCCC[C@@H]3O)cnc12.Cl.Cl.Cl. The number of rotatable bonds is 5. The van der Waals surface area contributed by atoms with Crippen LogP contribution in [0.1, 0.15) is 24.8 Å². The maximum absolute atomic E-state index is 13.0. The zero-order chi connectivity index (χ0) is 20.4. The lowest BCUT2D eigenvalue weighted by Crippen LogP contribution is -2.46. The smallest absolute Gasteiger partial charge is 0.280 e. The molecule has 8 nitrogen and oxygen atoms in total. The third-order valence-corrected chi connectivity index (χ3v) is 5.27. The Bertz CT molecular complexity index is 1110. The number of ketones is 1. The molecule has 0 aliphatic carbocycles. The zero-order valence-electron chi connectivity index (χ0n) is 17.4. The second kappa shape index (κ2) is 12.2. The molecule has 1 fully saturated rings. The number of nitrogens with one attached hydrogen (secondary N) is 1. The Kier molecular flexibility index (Phi) is 10.7. The summed E-state index contributed by atoms with van der Waals surface area (Å²) in [5.41, 5.74) is 2.68. The van der Waals surface area contributed by atoms with Crippen LogP contribution in [-0.2, 0) is 11.3 Å². The van der Waals surface area contributed by atoms with Gasteiger partial charge in [0, 0.05) is 30.4 Å². The highest BCUT2D eigenvalue weighted by Gasteiger charge is 2.25. The number of pyridine rings is 2. The molecule has 32 heavy (non-hydrogen) atoms. The Labute approximate surface area is 204 Å². The normalized spacial score (nSPS) is 17.6. The van der Waals surface area contributed by atoms with Crippen molar-refractivity contribution < 1.29 is 9.90 Å². The van der Waals surface area contributed by atoms with Gasteiger partial charge in [-0.25, -0.2) is 9.97 Å². The first-order valence-corrected chi connectivity index (χ1v) is 9.73. The second-order valence-corrected chi connectivity index (χ2v) is 7.45. The van der Waals surface area contributed by atoms with E-state index >= 15 is 0 Å². The molecular weight excluding hydrogens is 477 g/mol. The van der Waals surface area contributed by atoms with Gasteiger partial charge in [-0.05, 0) is 50.1 Å². The molecule has 0 bridgehead atoms. The van der Waals surface area contributed by atoms with E-state index in [1.165, 1.54) is 10.9 Å². The van der Waals surface area contributed by atoms with Crippen molar-refractivity contribution in [2.75, 3.05) is 6.54 Å². The molecule has 1 aliphatic rings. The molecule has 2 atom stereocenters. The minimum Gasteiger partial charge on any atom is -0.391 e. The van der Waals surface area contributed by atoms with Crippen molar-refractivity contribution in [1.82, 2.24) is 24.8 Å². The first kappa shape index (κ1) is 27.9. The minimum absolute atomic E-state index is 0. The molecule has 174 valence electrons. The number of halogens is 3. The Morgan fingerprint density at radius 2 is 2.06 bits per heavy atom. The van der Waals surface area contributed by atoms with Gasteiger partial charge in [-0.1, -0.05) is 0 Å². The van der Waals surface area contributed by atoms with Crippen LogP contribution in [0.15, 0.2) is 41.7 Å². The number of aliphatic hydroxyl groups is 1. The number of nitrogens with zero attached hydrogens (tertiary/aromatic N) is 4. The topological polar surface area (TPSA) is 110 Å². The molecule has 4 heterocycles. The molecule has 2 N–H and O–H groups in total. The van der Waals surface area contributed by atoms with Crippen molar-refractivity contribution in [1.29, 1.82) is 0 Å². The van der Waals surface area contributed by atoms with Gasteiger partial charge in [0.15, 0.2) is 11.3 Å². The van der Waals surface area contributed by atoms with Gasteiger partial charge in [0.05, 0.1) is 30.2 Å². The zero-order valence-corrected chi connectivity index (χ0v) is 19.9. The Hall–Kier alpha value is -2.10. The van der Waals surface area contributed by atoms with E-state index in [-0.39, 0.29) is 73.1 Å². The van der Waals surface area contributed by atoms with E-state index in [0.717, 1.165) is 24.1 Å². The molecule has 11 heteroatoms. The summed E-state index contributed by atoms with van der Waals surface area (Å²) in [6.07, 6.45) is 5.97. The summed E-state index contributed by atoms with van der Waals surface area (Å²) in [5, 5.41) is 13.2. The number of carbonyl (C=O) groups is 1. The molecule has 0 aromatic carbocycles. The van der Waals surface area contributed by atoms with Gasteiger partial charge in [0.2, 0.25) is 0 Å². The Morgan fingerprint density at radius 1 is 1.28 bits per heavy atom. The number of hydrogen-bond acceptors (Lipinski definition) is 7. The monoisotopic (exact) mass is 501 g/mol. The lowest BCUT2D eigenvalue weighted by Gasteiger charge is -2.28. The molecule has 1 saturated heterocycles. The van der Waals surface area contributed by atoms with Crippen LogP contribution in [-0.4, -0.2) is 49.1 Å². The van der Waals surface area contributed by atoms with E-state index in [4.69, 9.17) is 0 Å². The summed E-state index contributed by atoms with van der Waals surface area (Å²) >= 11 is 0. The lowest BCUT2D eigenvalue weighted by molar-refractivity contribution is -0.121. The summed E-state index contributed by atoms with van der Waals surface area (Å²) < 4.78 is 1.29. The van der Waals surface area contributed by atoms with Gasteiger partial charge in [0.1, 0.15) is 0 Å². The molecule has 3 aromatic rings. The van der Waals surface area contributed by atoms with E-state index in [1.54, 1.807) is 12.4 Å². The van der Waals surface area contributed by atoms with Gasteiger partial charge in [-0.15, -0.1) is 37.2 Å². The van der Waals surface area contributed by atoms with E-state index < -0.39 is 6.10 Å². The second-order valence-electron chi connectivity index (χ2n) is 7.45. The number of fused-ring (bicyclic) bond motifs is 1. The van der Waals surface area contributed by atoms with Gasteiger partial charge >= 0.3 is 0 Å². The maximum Gasteiger partial charge on any atom is 0.280 e. The van der Waals surface area contributed by atoms with Gasteiger partial charge in [-0.3, -0.25) is 19.1 Å². The average Bonchev–Trinajstić information content (AvgIpc) is 2.72. The highest BCUT2D eigenvalue weighted by atomic mass is 35.5. The van der Waals surface area contributed by atoms with E-state index in [9.17, 15) is 14.7 Å². The largest absolute Gasteiger partial charge is 0.391 e. The molecular formula is C21H26Cl3N5O3. The Morgan fingerprint density at radius 3 is 2.75 bits per heavy atom. The third-order valence-electron chi connectivity index (χ3n) is 5.27. The summed E-state index contributed by atoms with van der Waals surface area (Å²) in [6, 6.07) is 5.29. The number of aryl methyl sites for hydroxylation is 1.